The highest BCUT2D eigenvalue weighted by Gasteiger charge is 2.13. The van der Waals surface area contributed by atoms with Crippen LogP contribution in [-0.2, 0) is 9.53 Å². The molecule has 0 atom stereocenters. The number of nitrogens with zero attached hydrogens (tertiary/aromatic N) is 2. The number of carbonyl (C=O) groups excluding carboxylic acids is 2. The molecule has 1 heterocycles. The van der Waals surface area contributed by atoms with Gasteiger partial charge in [0.15, 0.2) is 10.8 Å². The maximum absolute atomic E-state index is 11.8. The first-order valence-electron chi connectivity index (χ1n) is 6.26. The minimum Gasteiger partial charge on any atom is -0.461 e. The van der Waals surface area contributed by atoms with Gasteiger partial charge in [0.25, 0.3) is 0 Å². The van der Waals surface area contributed by atoms with Crippen LogP contribution < -0.4 is 5.32 Å². The number of aromatic nitrogens is 1. The van der Waals surface area contributed by atoms with E-state index in [1.807, 2.05) is 13.8 Å². The molecule has 1 aromatic rings. The van der Waals surface area contributed by atoms with Crippen LogP contribution >= 0.6 is 11.3 Å². The van der Waals surface area contributed by atoms with Crippen molar-refractivity contribution in [2.75, 3.05) is 31.6 Å². The average Bonchev–Trinajstić information content (AvgIpc) is 2.87. The van der Waals surface area contributed by atoms with Crippen LogP contribution in [0.5, 0.6) is 0 Å². The lowest BCUT2D eigenvalue weighted by atomic mass is 10.4. The topological polar surface area (TPSA) is 71.5 Å². The molecule has 1 rings (SSSR count). The van der Waals surface area contributed by atoms with Gasteiger partial charge < -0.3 is 15.0 Å². The summed E-state index contributed by atoms with van der Waals surface area (Å²) < 4.78 is 4.84. The number of rotatable bonds is 7. The Morgan fingerprint density at radius 1 is 1.37 bits per heavy atom. The molecule has 19 heavy (non-hydrogen) atoms. The smallest absolute Gasteiger partial charge is 0.357 e. The van der Waals surface area contributed by atoms with Crippen molar-refractivity contribution in [1.29, 1.82) is 0 Å². The Kier molecular flexibility index (Phi) is 6.27. The van der Waals surface area contributed by atoms with Crippen molar-refractivity contribution >= 4 is 28.3 Å². The summed E-state index contributed by atoms with van der Waals surface area (Å²) in [4.78, 5) is 29.0. The largest absolute Gasteiger partial charge is 0.461 e. The Labute approximate surface area is 116 Å². The summed E-state index contributed by atoms with van der Waals surface area (Å²) in [5, 5.41) is 5.08. The van der Waals surface area contributed by atoms with Crippen LogP contribution in [-0.4, -0.2) is 48.0 Å². The van der Waals surface area contributed by atoms with Crippen LogP contribution in [0.2, 0.25) is 0 Å². The molecule has 6 nitrogen and oxygen atoms in total. The van der Waals surface area contributed by atoms with Gasteiger partial charge in [-0.25, -0.2) is 9.78 Å². The van der Waals surface area contributed by atoms with Crippen LogP contribution in [0.15, 0.2) is 5.38 Å². The van der Waals surface area contributed by atoms with E-state index in [2.05, 4.69) is 10.3 Å². The van der Waals surface area contributed by atoms with Gasteiger partial charge in [0.1, 0.15) is 0 Å². The van der Waals surface area contributed by atoms with E-state index in [1.165, 1.54) is 11.3 Å². The van der Waals surface area contributed by atoms with Crippen molar-refractivity contribution in [2.24, 2.45) is 0 Å². The number of anilines is 1. The van der Waals surface area contributed by atoms with Gasteiger partial charge in [-0.2, -0.15) is 0 Å². The lowest BCUT2D eigenvalue weighted by molar-refractivity contribution is -0.128. The maximum atomic E-state index is 11.8. The zero-order valence-corrected chi connectivity index (χ0v) is 12.2. The van der Waals surface area contributed by atoms with E-state index in [1.54, 1.807) is 17.2 Å². The summed E-state index contributed by atoms with van der Waals surface area (Å²) >= 11 is 1.28. The lowest BCUT2D eigenvalue weighted by Crippen LogP contribution is -2.35. The van der Waals surface area contributed by atoms with Crippen molar-refractivity contribution in [1.82, 2.24) is 9.88 Å². The van der Waals surface area contributed by atoms with E-state index in [0.717, 1.165) is 0 Å². The average molecular weight is 285 g/mol. The first kappa shape index (κ1) is 15.4. The Morgan fingerprint density at radius 3 is 2.63 bits per heavy atom. The number of likely N-dealkylation sites (N-methyl/N-ethyl adjacent to an activating group) is 1. The molecule has 1 amide bonds. The van der Waals surface area contributed by atoms with Gasteiger partial charge in [0, 0.05) is 18.5 Å². The Morgan fingerprint density at radius 2 is 2.05 bits per heavy atom. The summed E-state index contributed by atoms with van der Waals surface area (Å²) in [5.41, 5.74) is 0.268. The zero-order valence-electron chi connectivity index (χ0n) is 11.4. The van der Waals surface area contributed by atoms with Crippen molar-refractivity contribution in [3.05, 3.63) is 11.1 Å². The van der Waals surface area contributed by atoms with Gasteiger partial charge in [-0.15, -0.1) is 11.3 Å². The molecular formula is C12H19N3O3S. The van der Waals surface area contributed by atoms with Crippen LogP contribution in [0.3, 0.4) is 0 Å². The van der Waals surface area contributed by atoms with Gasteiger partial charge >= 0.3 is 5.97 Å². The number of carbonyl (C=O) groups is 2. The van der Waals surface area contributed by atoms with Gasteiger partial charge in [-0.05, 0) is 20.8 Å². The minimum atomic E-state index is -0.443. The molecule has 0 aliphatic heterocycles. The first-order chi connectivity index (χ1) is 9.12. The summed E-state index contributed by atoms with van der Waals surface area (Å²) in [6.45, 7) is 7.47. The number of ether oxygens (including phenoxy) is 1. The fraction of sp³-hybridized carbons (Fsp3) is 0.583. The third-order valence-electron chi connectivity index (χ3n) is 2.50. The molecule has 0 aromatic carbocycles. The van der Waals surface area contributed by atoms with E-state index in [9.17, 15) is 9.59 Å². The predicted octanol–water partition coefficient (Wildman–Crippen LogP) is 1.60. The van der Waals surface area contributed by atoms with E-state index in [0.29, 0.717) is 24.8 Å². The van der Waals surface area contributed by atoms with E-state index in [4.69, 9.17) is 4.74 Å². The van der Waals surface area contributed by atoms with Gasteiger partial charge in [-0.1, -0.05) is 0 Å². The molecule has 0 radical (unpaired) electrons. The molecule has 1 N–H and O–H groups in total. The molecule has 0 aliphatic rings. The second kappa shape index (κ2) is 7.73. The molecule has 0 saturated heterocycles. The van der Waals surface area contributed by atoms with Crippen LogP contribution in [0.4, 0.5) is 5.13 Å². The quantitative estimate of drug-likeness (QED) is 0.770. The highest BCUT2D eigenvalue weighted by Crippen LogP contribution is 2.15. The SMILES string of the molecule is CCOC(=O)c1csc(NCC(=O)N(CC)CC)n1. The molecule has 0 saturated carbocycles. The summed E-state index contributed by atoms with van der Waals surface area (Å²) in [7, 11) is 0. The van der Waals surface area contributed by atoms with Gasteiger partial charge in [0.2, 0.25) is 5.91 Å². The lowest BCUT2D eigenvalue weighted by Gasteiger charge is -2.18. The second-order valence-corrected chi connectivity index (χ2v) is 4.54. The third kappa shape index (κ3) is 4.51. The number of esters is 1. The molecule has 7 heteroatoms. The normalized spacial score (nSPS) is 10.1. The van der Waals surface area contributed by atoms with E-state index in [-0.39, 0.29) is 18.1 Å². The third-order valence-corrected chi connectivity index (χ3v) is 3.30. The summed E-state index contributed by atoms with van der Waals surface area (Å²) in [5.74, 6) is -0.431. The van der Waals surface area contributed by atoms with Crippen LogP contribution in [0, 0.1) is 0 Å². The number of hydrogen-bond acceptors (Lipinski definition) is 6. The molecule has 0 bridgehead atoms. The second-order valence-electron chi connectivity index (χ2n) is 3.68. The van der Waals surface area contributed by atoms with Gasteiger partial charge in [0.05, 0.1) is 13.2 Å². The number of nitrogens with one attached hydrogen (secondary N) is 1. The Balaban J connectivity index is 2.50. The Bertz CT molecular complexity index is 430. The fourth-order valence-corrected chi connectivity index (χ4v) is 2.17. The monoisotopic (exact) mass is 285 g/mol. The van der Waals surface area contributed by atoms with Crippen molar-refractivity contribution in [3.8, 4) is 0 Å². The maximum Gasteiger partial charge on any atom is 0.357 e. The molecule has 0 spiro atoms. The number of hydrogen-bond donors (Lipinski definition) is 1. The van der Waals surface area contributed by atoms with E-state index < -0.39 is 5.97 Å². The molecule has 0 fully saturated rings. The van der Waals surface area contributed by atoms with Crippen molar-refractivity contribution in [3.63, 3.8) is 0 Å². The first-order valence-corrected chi connectivity index (χ1v) is 7.14. The number of thiazole rings is 1. The molecule has 106 valence electrons. The molecule has 1 aromatic heterocycles. The van der Waals surface area contributed by atoms with Crippen LogP contribution in [0.25, 0.3) is 0 Å². The van der Waals surface area contributed by atoms with Crippen LogP contribution in [0.1, 0.15) is 31.3 Å². The number of amides is 1. The minimum absolute atomic E-state index is 0.0119. The highest BCUT2D eigenvalue weighted by atomic mass is 32.1. The standard InChI is InChI=1S/C12H19N3O3S/c1-4-15(5-2)10(16)7-13-12-14-9(8-19-12)11(17)18-6-3/h8H,4-7H2,1-3H3,(H,13,14). The molecular weight excluding hydrogens is 266 g/mol. The summed E-state index contributed by atoms with van der Waals surface area (Å²) in [6.07, 6.45) is 0. The van der Waals surface area contributed by atoms with E-state index >= 15 is 0 Å². The zero-order chi connectivity index (χ0) is 14.3. The van der Waals surface area contributed by atoms with Crippen molar-refractivity contribution < 1.29 is 14.3 Å². The van der Waals surface area contributed by atoms with Gasteiger partial charge in [-0.3, -0.25) is 4.79 Å². The molecule has 0 unspecified atom stereocenters. The fourth-order valence-electron chi connectivity index (χ4n) is 1.49. The predicted molar refractivity (Wildman–Crippen MR) is 74.5 cm³/mol. The summed E-state index contributed by atoms with van der Waals surface area (Å²) in [6, 6.07) is 0. The van der Waals surface area contributed by atoms with Crippen molar-refractivity contribution in [2.45, 2.75) is 20.8 Å². The molecule has 0 aliphatic carbocycles. The Hall–Kier alpha value is -1.63. The highest BCUT2D eigenvalue weighted by molar-refractivity contribution is 7.13.